The fourth-order valence-corrected chi connectivity index (χ4v) is 3.20. The number of aromatic nitrogens is 1. The summed E-state index contributed by atoms with van der Waals surface area (Å²) < 4.78 is 16.3. The van der Waals surface area contributed by atoms with Crippen molar-refractivity contribution in [3.63, 3.8) is 0 Å². The van der Waals surface area contributed by atoms with Crippen LogP contribution in [-0.2, 0) is 13.2 Å². The number of urea groups is 1. The number of rotatable bonds is 8. The molecule has 1 N–H and O–H groups in total. The Hall–Kier alpha value is -3.26. The first-order valence-electron chi connectivity index (χ1n) is 8.92. The van der Waals surface area contributed by atoms with Crippen LogP contribution in [0, 0.1) is 0 Å². The lowest BCUT2D eigenvalue weighted by Crippen LogP contribution is -2.31. The van der Waals surface area contributed by atoms with Gasteiger partial charge in [-0.15, -0.1) is 11.3 Å². The molecule has 0 aliphatic carbocycles. The molecule has 0 bridgehead atoms. The molecule has 2 amide bonds. The maximum Gasteiger partial charge on any atom is 0.321 e. The van der Waals surface area contributed by atoms with Crippen molar-refractivity contribution < 1.29 is 19.0 Å². The number of anilines is 1. The van der Waals surface area contributed by atoms with Crippen LogP contribution >= 0.6 is 11.3 Å². The van der Waals surface area contributed by atoms with Crippen molar-refractivity contribution in [2.75, 3.05) is 26.6 Å². The zero-order valence-electron chi connectivity index (χ0n) is 16.5. The predicted octanol–water partition coefficient (Wildman–Crippen LogP) is 4.40. The third kappa shape index (κ3) is 5.61. The fourth-order valence-electron chi connectivity index (χ4n) is 2.66. The monoisotopic (exact) mass is 413 g/mol. The number of benzene rings is 2. The molecular weight excluding hydrogens is 390 g/mol. The van der Waals surface area contributed by atoms with E-state index in [9.17, 15) is 4.79 Å². The highest BCUT2D eigenvalue weighted by Crippen LogP contribution is 2.26. The number of methoxy groups -OCH3 is 2. The highest BCUT2D eigenvalue weighted by molar-refractivity contribution is 7.07. The van der Waals surface area contributed by atoms with Gasteiger partial charge in [-0.3, -0.25) is 0 Å². The Morgan fingerprint density at radius 3 is 2.72 bits per heavy atom. The van der Waals surface area contributed by atoms with Gasteiger partial charge in [0.25, 0.3) is 0 Å². The normalized spacial score (nSPS) is 10.3. The lowest BCUT2D eigenvalue weighted by atomic mass is 10.2. The van der Waals surface area contributed by atoms with Crippen molar-refractivity contribution in [1.82, 2.24) is 9.88 Å². The quantitative estimate of drug-likeness (QED) is 0.592. The van der Waals surface area contributed by atoms with Crippen LogP contribution in [0.3, 0.4) is 0 Å². The third-order valence-corrected chi connectivity index (χ3v) is 4.84. The maximum absolute atomic E-state index is 12.6. The molecule has 3 rings (SSSR count). The molecule has 3 aromatic rings. The molecule has 0 aliphatic heterocycles. The highest BCUT2D eigenvalue weighted by atomic mass is 32.1. The number of ether oxygens (including phenoxy) is 3. The first-order valence-corrected chi connectivity index (χ1v) is 9.86. The molecule has 1 heterocycles. The van der Waals surface area contributed by atoms with Crippen molar-refractivity contribution in [3.05, 3.63) is 64.6 Å². The van der Waals surface area contributed by atoms with Gasteiger partial charge in [0.05, 0.1) is 32.0 Å². The molecule has 0 atom stereocenters. The average Bonchev–Trinajstić information content (AvgIpc) is 3.26. The van der Waals surface area contributed by atoms with Crippen molar-refractivity contribution in [2.24, 2.45) is 0 Å². The highest BCUT2D eigenvalue weighted by Gasteiger charge is 2.13. The molecule has 8 heteroatoms. The summed E-state index contributed by atoms with van der Waals surface area (Å²) >= 11 is 1.53. The molecule has 0 fully saturated rings. The van der Waals surface area contributed by atoms with Gasteiger partial charge in [-0.1, -0.05) is 6.07 Å². The summed E-state index contributed by atoms with van der Waals surface area (Å²) in [5.41, 5.74) is 4.17. The summed E-state index contributed by atoms with van der Waals surface area (Å²) in [6, 6.07) is 12.6. The molecule has 0 spiro atoms. The Balaban J connectivity index is 1.60. The van der Waals surface area contributed by atoms with Crippen LogP contribution in [0.5, 0.6) is 17.2 Å². The van der Waals surface area contributed by atoms with Crippen LogP contribution in [0.2, 0.25) is 0 Å². The van der Waals surface area contributed by atoms with E-state index >= 15 is 0 Å². The molecule has 0 aliphatic rings. The van der Waals surface area contributed by atoms with Crippen LogP contribution in [-0.4, -0.2) is 37.2 Å². The Morgan fingerprint density at radius 2 is 2.00 bits per heavy atom. The van der Waals surface area contributed by atoms with E-state index in [0.29, 0.717) is 36.1 Å². The SMILES string of the molecule is COc1ccc(CN(C)C(=O)Nc2cccc(OCc3cscn3)c2)c(OC)c1. The van der Waals surface area contributed by atoms with E-state index in [0.717, 1.165) is 11.3 Å². The molecule has 2 aromatic carbocycles. The Kier molecular flexibility index (Phi) is 6.91. The Labute approximate surface area is 173 Å². The Morgan fingerprint density at radius 1 is 1.14 bits per heavy atom. The maximum atomic E-state index is 12.6. The van der Waals surface area contributed by atoms with Gasteiger partial charge in [0, 0.05) is 35.8 Å². The van der Waals surface area contributed by atoms with Gasteiger partial charge in [-0.05, 0) is 24.3 Å². The van der Waals surface area contributed by atoms with E-state index in [1.807, 2.05) is 35.7 Å². The van der Waals surface area contributed by atoms with E-state index in [1.165, 1.54) is 11.3 Å². The van der Waals surface area contributed by atoms with E-state index in [2.05, 4.69) is 10.3 Å². The zero-order valence-corrected chi connectivity index (χ0v) is 17.4. The number of carbonyl (C=O) groups excluding carboxylic acids is 1. The van der Waals surface area contributed by atoms with E-state index < -0.39 is 0 Å². The van der Waals surface area contributed by atoms with E-state index in [-0.39, 0.29) is 6.03 Å². The average molecular weight is 413 g/mol. The molecular formula is C21H23N3O4S. The van der Waals surface area contributed by atoms with Crippen LogP contribution in [0.1, 0.15) is 11.3 Å². The largest absolute Gasteiger partial charge is 0.497 e. The molecule has 1 aromatic heterocycles. The van der Waals surface area contributed by atoms with Gasteiger partial charge >= 0.3 is 6.03 Å². The first-order chi connectivity index (χ1) is 14.1. The summed E-state index contributed by atoms with van der Waals surface area (Å²) in [5, 5.41) is 4.82. The van der Waals surface area contributed by atoms with Crippen LogP contribution in [0.15, 0.2) is 53.4 Å². The summed E-state index contributed by atoms with van der Waals surface area (Å²) in [4.78, 5) is 18.4. The van der Waals surface area contributed by atoms with Crippen molar-refractivity contribution in [2.45, 2.75) is 13.2 Å². The first kappa shape index (κ1) is 20.5. The predicted molar refractivity (Wildman–Crippen MR) is 113 cm³/mol. The van der Waals surface area contributed by atoms with Crippen LogP contribution < -0.4 is 19.5 Å². The second kappa shape index (κ2) is 9.79. The van der Waals surface area contributed by atoms with Gasteiger partial charge < -0.3 is 24.4 Å². The molecule has 152 valence electrons. The zero-order chi connectivity index (χ0) is 20.6. The molecule has 0 radical (unpaired) electrons. The number of nitrogens with one attached hydrogen (secondary N) is 1. The van der Waals surface area contributed by atoms with Gasteiger partial charge in [0.2, 0.25) is 0 Å². The Bertz CT molecular complexity index is 947. The van der Waals surface area contributed by atoms with Crippen molar-refractivity contribution in [3.8, 4) is 17.2 Å². The summed E-state index contributed by atoms with van der Waals surface area (Å²) in [6.07, 6.45) is 0. The molecule has 0 saturated carbocycles. The summed E-state index contributed by atoms with van der Waals surface area (Å²) in [7, 11) is 4.92. The minimum Gasteiger partial charge on any atom is -0.497 e. The second-order valence-corrected chi connectivity index (χ2v) is 6.98. The number of hydrogen-bond acceptors (Lipinski definition) is 6. The smallest absolute Gasteiger partial charge is 0.321 e. The molecule has 0 unspecified atom stereocenters. The summed E-state index contributed by atoms with van der Waals surface area (Å²) in [6.45, 7) is 0.775. The second-order valence-electron chi connectivity index (χ2n) is 6.26. The number of carbonyl (C=O) groups is 1. The lowest BCUT2D eigenvalue weighted by molar-refractivity contribution is 0.220. The molecule has 7 nitrogen and oxygen atoms in total. The number of nitrogens with zero attached hydrogens (tertiary/aromatic N) is 2. The standard InChI is InChI=1S/C21H23N3O4S/c1-24(11-15-7-8-18(26-2)10-20(15)27-3)21(25)23-16-5-4-6-19(9-16)28-12-17-13-29-14-22-17/h4-10,13-14H,11-12H2,1-3H3,(H,23,25). The van der Waals surface area contributed by atoms with Crippen molar-refractivity contribution >= 4 is 23.1 Å². The van der Waals surface area contributed by atoms with Gasteiger partial charge in [0.15, 0.2) is 0 Å². The van der Waals surface area contributed by atoms with Crippen molar-refractivity contribution in [1.29, 1.82) is 0 Å². The lowest BCUT2D eigenvalue weighted by Gasteiger charge is -2.20. The van der Waals surface area contributed by atoms with E-state index in [4.69, 9.17) is 14.2 Å². The fraction of sp³-hybridized carbons (Fsp3) is 0.238. The van der Waals surface area contributed by atoms with E-state index in [1.54, 1.807) is 43.8 Å². The molecule has 0 saturated heterocycles. The topological polar surface area (TPSA) is 72.9 Å². The number of hydrogen-bond donors (Lipinski definition) is 1. The molecule has 29 heavy (non-hydrogen) atoms. The summed E-state index contributed by atoms with van der Waals surface area (Å²) in [5.74, 6) is 2.03. The number of thiazole rings is 1. The minimum absolute atomic E-state index is 0.237. The van der Waals surface area contributed by atoms with Gasteiger partial charge in [-0.2, -0.15) is 0 Å². The van der Waals surface area contributed by atoms with Crippen LogP contribution in [0.4, 0.5) is 10.5 Å². The number of amides is 2. The van der Waals surface area contributed by atoms with Crippen LogP contribution in [0.25, 0.3) is 0 Å². The van der Waals surface area contributed by atoms with Gasteiger partial charge in [0.1, 0.15) is 23.9 Å². The third-order valence-electron chi connectivity index (χ3n) is 4.20. The van der Waals surface area contributed by atoms with Gasteiger partial charge in [-0.25, -0.2) is 9.78 Å². The minimum atomic E-state index is -0.237.